The number of nitrogens with one attached hydrogen (secondary N) is 2. The van der Waals surface area contributed by atoms with E-state index in [0.29, 0.717) is 17.8 Å². The summed E-state index contributed by atoms with van der Waals surface area (Å²) in [5, 5.41) is 17.0. The van der Waals surface area contributed by atoms with Crippen LogP contribution in [0.5, 0.6) is 0 Å². The molecule has 116 valence electrons. The predicted molar refractivity (Wildman–Crippen MR) is 79.9 cm³/mol. The molecule has 2 N–H and O–H groups in total. The monoisotopic (exact) mass is 293 g/mol. The Hall–Kier alpha value is -2.11. The summed E-state index contributed by atoms with van der Waals surface area (Å²) >= 11 is 0. The quantitative estimate of drug-likeness (QED) is 0.431. The van der Waals surface area contributed by atoms with Gasteiger partial charge in [-0.1, -0.05) is 26.7 Å². The van der Waals surface area contributed by atoms with Crippen LogP contribution in [0, 0.1) is 5.21 Å². The molecule has 0 spiro atoms. The lowest BCUT2D eigenvalue weighted by Gasteiger charge is -2.07. The molecule has 0 saturated carbocycles. The van der Waals surface area contributed by atoms with Crippen molar-refractivity contribution in [3.8, 4) is 0 Å². The Labute approximate surface area is 125 Å². The fourth-order valence-corrected chi connectivity index (χ4v) is 1.76. The lowest BCUT2D eigenvalue weighted by molar-refractivity contribution is -0.605. The Morgan fingerprint density at radius 1 is 1.00 bits per heavy atom. The van der Waals surface area contributed by atoms with Crippen molar-refractivity contribution in [3.63, 3.8) is 0 Å². The Morgan fingerprint density at radius 3 is 1.81 bits per heavy atom. The van der Waals surface area contributed by atoms with Crippen LogP contribution in [0.25, 0.3) is 0 Å². The maximum Gasteiger partial charge on any atom is 0.257 e. The summed E-state index contributed by atoms with van der Waals surface area (Å²) < 4.78 is 0.490. The van der Waals surface area contributed by atoms with E-state index in [-0.39, 0.29) is 22.9 Å². The van der Waals surface area contributed by atoms with E-state index in [9.17, 15) is 14.8 Å². The molecule has 1 rings (SSSR count). The largest absolute Gasteiger partial charge is 0.619 e. The van der Waals surface area contributed by atoms with Crippen molar-refractivity contribution >= 4 is 11.8 Å². The molecular formula is C15H23N3O3. The van der Waals surface area contributed by atoms with Gasteiger partial charge in [-0.15, -0.1) is 0 Å². The van der Waals surface area contributed by atoms with Crippen molar-refractivity contribution in [2.24, 2.45) is 0 Å². The molecule has 0 atom stereocenters. The summed E-state index contributed by atoms with van der Waals surface area (Å²) in [5.41, 5.74) is 0.397. The highest BCUT2D eigenvalue weighted by Gasteiger charge is 2.15. The van der Waals surface area contributed by atoms with Gasteiger partial charge in [-0.3, -0.25) is 9.59 Å². The molecule has 0 aliphatic heterocycles. The van der Waals surface area contributed by atoms with Gasteiger partial charge in [0.05, 0.1) is 0 Å². The smallest absolute Gasteiger partial charge is 0.257 e. The first kappa shape index (κ1) is 16.9. The van der Waals surface area contributed by atoms with Gasteiger partial charge in [0, 0.05) is 13.1 Å². The molecule has 1 aromatic rings. The molecule has 0 aromatic carbocycles. The molecular weight excluding hydrogens is 270 g/mol. The Morgan fingerprint density at radius 2 is 1.43 bits per heavy atom. The van der Waals surface area contributed by atoms with E-state index in [1.165, 1.54) is 18.5 Å². The molecule has 2 amide bonds. The van der Waals surface area contributed by atoms with Crippen LogP contribution in [0.15, 0.2) is 18.5 Å². The van der Waals surface area contributed by atoms with E-state index in [0.717, 1.165) is 25.7 Å². The van der Waals surface area contributed by atoms with Gasteiger partial charge < -0.3 is 15.8 Å². The third kappa shape index (κ3) is 5.81. The molecule has 0 aliphatic rings. The van der Waals surface area contributed by atoms with Crippen LogP contribution in [-0.2, 0) is 0 Å². The molecule has 0 radical (unpaired) electrons. The van der Waals surface area contributed by atoms with Gasteiger partial charge in [-0.2, -0.15) is 4.73 Å². The Kier molecular flexibility index (Phi) is 7.21. The van der Waals surface area contributed by atoms with Crippen LogP contribution in [-0.4, -0.2) is 24.9 Å². The number of aromatic nitrogens is 1. The first-order valence-electron chi connectivity index (χ1n) is 7.38. The zero-order valence-corrected chi connectivity index (χ0v) is 12.6. The van der Waals surface area contributed by atoms with Crippen molar-refractivity contribution < 1.29 is 14.3 Å². The predicted octanol–water partition coefficient (Wildman–Crippen LogP) is 1.38. The SMILES string of the molecule is CCCCNC(=O)c1cc(C(=O)NCCCC)c[n+]([O-])c1. The average molecular weight is 293 g/mol. The van der Waals surface area contributed by atoms with Gasteiger partial charge in [0.2, 0.25) is 0 Å². The van der Waals surface area contributed by atoms with E-state index in [4.69, 9.17) is 0 Å². The molecule has 0 bridgehead atoms. The Balaban J connectivity index is 2.74. The summed E-state index contributed by atoms with van der Waals surface area (Å²) in [4.78, 5) is 23.8. The van der Waals surface area contributed by atoms with Crippen LogP contribution in [0.1, 0.15) is 60.2 Å². The number of hydrogen-bond acceptors (Lipinski definition) is 3. The van der Waals surface area contributed by atoms with Crippen LogP contribution >= 0.6 is 0 Å². The number of pyridine rings is 1. The second kappa shape index (κ2) is 8.94. The van der Waals surface area contributed by atoms with E-state index in [2.05, 4.69) is 10.6 Å². The highest BCUT2D eigenvalue weighted by molar-refractivity contribution is 5.98. The summed E-state index contributed by atoms with van der Waals surface area (Å²) in [6.45, 7) is 5.17. The normalized spacial score (nSPS) is 10.2. The first-order chi connectivity index (χ1) is 10.1. The molecule has 21 heavy (non-hydrogen) atoms. The van der Waals surface area contributed by atoms with Crippen LogP contribution in [0.3, 0.4) is 0 Å². The van der Waals surface area contributed by atoms with Gasteiger partial charge in [-0.25, -0.2) is 0 Å². The Bertz CT molecular complexity index is 449. The van der Waals surface area contributed by atoms with Gasteiger partial charge in [0.1, 0.15) is 11.1 Å². The molecule has 6 heteroatoms. The number of nitrogens with zero attached hydrogens (tertiary/aromatic N) is 1. The van der Waals surface area contributed by atoms with Crippen molar-refractivity contribution in [1.82, 2.24) is 10.6 Å². The van der Waals surface area contributed by atoms with Crippen LogP contribution in [0.2, 0.25) is 0 Å². The maximum atomic E-state index is 11.9. The molecule has 6 nitrogen and oxygen atoms in total. The second-order valence-corrected chi connectivity index (χ2v) is 4.89. The van der Waals surface area contributed by atoms with Crippen molar-refractivity contribution in [2.45, 2.75) is 39.5 Å². The minimum atomic E-state index is -0.337. The van der Waals surface area contributed by atoms with Gasteiger partial charge >= 0.3 is 0 Å². The average Bonchev–Trinajstić information content (AvgIpc) is 2.47. The lowest BCUT2D eigenvalue weighted by Crippen LogP contribution is -2.34. The summed E-state index contributed by atoms with van der Waals surface area (Å²) in [5.74, 6) is -0.674. The number of carbonyl (C=O) groups excluding carboxylic acids is 2. The third-order valence-corrected chi connectivity index (χ3v) is 3.00. The standard InChI is InChI=1S/C15H23N3O3/c1-3-5-7-16-14(19)12-9-13(11-18(21)10-12)15(20)17-8-6-4-2/h9-11H,3-8H2,1-2H3,(H,16,19)(H,17,20). The zero-order chi connectivity index (χ0) is 15.7. The molecule has 0 saturated heterocycles. The maximum absolute atomic E-state index is 11.9. The first-order valence-corrected chi connectivity index (χ1v) is 7.38. The molecule has 0 fully saturated rings. The topological polar surface area (TPSA) is 85.1 Å². The van der Waals surface area contributed by atoms with Crippen molar-refractivity contribution in [3.05, 3.63) is 34.8 Å². The number of hydrogen-bond donors (Lipinski definition) is 2. The van der Waals surface area contributed by atoms with E-state index in [1.807, 2.05) is 13.8 Å². The molecule has 0 unspecified atom stereocenters. The van der Waals surface area contributed by atoms with Crippen molar-refractivity contribution in [1.29, 1.82) is 0 Å². The van der Waals surface area contributed by atoms with Gasteiger partial charge in [-0.05, 0) is 18.9 Å². The van der Waals surface area contributed by atoms with E-state index >= 15 is 0 Å². The summed E-state index contributed by atoms with van der Waals surface area (Å²) in [6.07, 6.45) is 6.04. The fourth-order valence-electron chi connectivity index (χ4n) is 1.76. The van der Waals surface area contributed by atoms with E-state index < -0.39 is 0 Å². The minimum absolute atomic E-state index is 0.198. The number of amides is 2. The number of carbonyl (C=O) groups is 2. The second-order valence-electron chi connectivity index (χ2n) is 4.89. The molecule has 1 heterocycles. The molecule has 0 aliphatic carbocycles. The zero-order valence-electron chi connectivity index (χ0n) is 12.6. The van der Waals surface area contributed by atoms with Crippen LogP contribution in [0.4, 0.5) is 0 Å². The van der Waals surface area contributed by atoms with Gasteiger partial charge in [0.25, 0.3) is 11.8 Å². The van der Waals surface area contributed by atoms with Gasteiger partial charge in [0.15, 0.2) is 12.4 Å². The highest BCUT2D eigenvalue weighted by atomic mass is 16.5. The third-order valence-electron chi connectivity index (χ3n) is 3.00. The fraction of sp³-hybridized carbons (Fsp3) is 0.533. The number of rotatable bonds is 8. The summed E-state index contributed by atoms with van der Waals surface area (Å²) in [6, 6.07) is 1.44. The van der Waals surface area contributed by atoms with Crippen molar-refractivity contribution in [2.75, 3.05) is 13.1 Å². The molecule has 1 aromatic heterocycles. The highest BCUT2D eigenvalue weighted by Crippen LogP contribution is 2.02. The summed E-state index contributed by atoms with van der Waals surface area (Å²) in [7, 11) is 0. The number of unbranched alkanes of at least 4 members (excludes halogenated alkanes) is 2. The lowest BCUT2D eigenvalue weighted by atomic mass is 10.1. The van der Waals surface area contributed by atoms with Crippen LogP contribution < -0.4 is 15.4 Å². The minimum Gasteiger partial charge on any atom is -0.619 e. The van der Waals surface area contributed by atoms with E-state index in [1.54, 1.807) is 0 Å².